The smallest absolute Gasteiger partial charge is 0.338 e. The normalized spacial score (nSPS) is 10.5. The van der Waals surface area contributed by atoms with E-state index >= 15 is 0 Å². The molecule has 0 unspecified atom stereocenters. The minimum atomic E-state index is -0.369. The lowest BCUT2D eigenvalue weighted by Gasteiger charge is -2.12. The fourth-order valence-electron chi connectivity index (χ4n) is 3.29. The zero-order valence-electron chi connectivity index (χ0n) is 18.1. The Balaban J connectivity index is 1.55. The van der Waals surface area contributed by atoms with Crippen molar-refractivity contribution in [2.45, 2.75) is 32.6 Å². The van der Waals surface area contributed by atoms with E-state index in [1.54, 1.807) is 19.1 Å². The van der Waals surface area contributed by atoms with Crippen LogP contribution in [0.5, 0.6) is 11.5 Å². The van der Waals surface area contributed by atoms with Crippen LogP contribution in [0.25, 0.3) is 0 Å². The highest BCUT2D eigenvalue weighted by Crippen LogP contribution is 2.24. The Hall–Kier alpha value is -3.27. The van der Waals surface area contributed by atoms with Crippen molar-refractivity contribution in [3.63, 3.8) is 0 Å². The maximum absolute atomic E-state index is 12.2. The average Bonchev–Trinajstić information content (AvgIpc) is 2.81. The van der Waals surface area contributed by atoms with Crippen LogP contribution in [-0.4, -0.2) is 25.8 Å². The highest BCUT2D eigenvalue weighted by Gasteiger charge is 2.11. The third-order valence-corrected chi connectivity index (χ3v) is 4.83. The molecule has 0 N–H and O–H groups in total. The Labute approximate surface area is 184 Å². The largest absolute Gasteiger partial charge is 0.493 e. The van der Waals surface area contributed by atoms with Gasteiger partial charge in [0.15, 0.2) is 0 Å². The van der Waals surface area contributed by atoms with E-state index in [1.807, 2.05) is 42.5 Å². The molecule has 0 aromatic heterocycles. The van der Waals surface area contributed by atoms with Gasteiger partial charge in [-0.05, 0) is 55.9 Å². The van der Waals surface area contributed by atoms with Gasteiger partial charge >= 0.3 is 5.97 Å². The monoisotopic (exact) mass is 418 g/mol. The molecule has 0 aliphatic carbocycles. The quantitative estimate of drug-likeness (QED) is 0.272. The fraction of sp³-hybridized carbons (Fsp3) is 0.296. The third-order valence-electron chi connectivity index (χ3n) is 4.83. The molecule has 0 spiro atoms. The summed E-state index contributed by atoms with van der Waals surface area (Å²) in [4.78, 5) is 12.2. The Kier molecular flexibility index (Phi) is 8.99. The van der Waals surface area contributed by atoms with Gasteiger partial charge in [0.05, 0.1) is 25.4 Å². The first-order chi connectivity index (χ1) is 15.2. The summed E-state index contributed by atoms with van der Waals surface area (Å²) in [6, 6.07) is 25.9. The highest BCUT2D eigenvalue weighted by atomic mass is 16.5. The average molecular weight is 419 g/mol. The second-order valence-corrected chi connectivity index (χ2v) is 7.29. The number of hydrogen-bond acceptors (Lipinski definition) is 4. The Morgan fingerprint density at radius 1 is 0.710 bits per heavy atom. The molecule has 4 heteroatoms. The predicted octanol–water partition coefficient (Wildman–Crippen LogP) is 5.89. The van der Waals surface area contributed by atoms with Crippen LogP contribution in [0.1, 0.15) is 41.3 Å². The van der Waals surface area contributed by atoms with Crippen molar-refractivity contribution in [2.75, 3.05) is 19.8 Å². The zero-order valence-corrected chi connectivity index (χ0v) is 18.1. The van der Waals surface area contributed by atoms with E-state index in [2.05, 4.69) is 24.3 Å². The molecule has 0 heterocycles. The summed E-state index contributed by atoms with van der Waals surface area (Å²) >= 11 is 0. The van der Waals surface area contributed by atoms with Gasteiger partial charge in [-0.1, -0.05) is 60.7 Å². The predicted molar refractivity (Wildman–Crippen MR) is 123 cm³/mol. The van der Waals surface area contributed by atoms with Crippen LogP contribution in [0.2, 0.25) is 0 Å². The van der Waals surface area contributed by atoms with Crippen LogP contribution >= 0.6 is 0 Å². The molecule has 0 aliphatic rings. The second-order valence-electron chi connectivity index (χ2n) is 7.29. The first-order valence-electron chi connectivity index (χ1n) is 10.9. The third kappa shape index (κ3) is 7.82. The van der Waals surface area contributed by atoms with Crippen LogP contribution in [0.3, 0.4) is 0 Å². The number of benzene rings is 3. The molecular formula is C27H30O4. The number of carbonyl (C=O) groups excluding carboxylic acids is 1. The number of carbonyl (C=O) groups is 1. The molecule has 3 rings (SSSR count). The fourth-order valence-corrected chi connectivity index (χ4v) is 3.29. The van der Waals surface area contributed by atoms with E-state index in [-0.39, 0.29) is 5.97 Å². The van der Waals surface area contributed by atoms with Crippen LogP contribution < -0.4 is 9.47 Å². The SMILES string of the molecule is CCOC(=O)c1cc(OCCCc2ccccc2)cc(OCCCc2ccccc2)c1. The van der Waals surface area contributed by atoms with E-state index in [0.29, 0.717) is 36.9 Å². The standard InChI is InChI=1S/C27H30O4/c1-2-29-27(28)24-19-25(30-17-9-15-22-11-5-3-6-12-22)21-26(20-24)31-18-10-16-23-13-7-4-8-14-23/h3-8,11-14,19-21H,2,9-10,15-18H2,1H3. The van der Waals surface area contributed by atoms with Gasteiger partial charge < -0.3 is 14.2 Å². The summed E-state index contributed by atoms with van der Waals surface area (Å²) < 4.78 is 17.0. The summed E-state index contributed by atoms with van der Waals surface area (Å²) in [5, 5.41) is 0. The topological polar surface area (TPSA) is 44.8 Å². The van der Waals surface area contributed by atoms with Gasteiger partial charge in [0, 0.05) is 6.07 Å². The molecule has 0 atom stereocenters. The summed E-state index contributed by atoms with van der Waals surface area (Å²) in [6.45, 7) is 3.25. The van der Waals surface area contributed by atoms with Crippen molar-refractivity contribution >= 4 is 5.97 Å². The molecule has 0 bridgehead atoms. The van der Waals surface area contributed by atoms with E-state index in [9.17, 15) is 4.79 Å². The number of rotatable bonds is 12. The molecule has 3 aromatic rings. The van der Waals surface area contributed by atoms with E-state index < -0.39 is 0 Å². The summed E-state index contributed by atoms with van der Waals surface area (Å²) in [6.07, 6.45) is 3.67. The molecule has 0 saturated carbocycles. The number of esters is 1. The molecule has 4 nitrogen and oxygen atoms in total. The van der Waals surface area contributed by atoms with Crippen molar-refractivity contribution in [3.8, 4) is 11.5 Å². The van der Waals surface area contributed by atoms with E-state index in [4.69, 9.17) is 14.2 Å². The first-order valence-corrected chi connectivity index (χ1v) is 10.9. The minimum absolute atomic E-state index is 0.328. The Morgan fingerprint density at radius 3 is 1.65 bits per heavy atom. The number of hydrogen-bond donors (Lipinski definition) is 0. The summed E-state index contributed by atoms with van der Waals surface area (Å²) in [7, 11) is 0. The van der Waals surface area contributed by atoms with Crippen LogP contribution in [-0.2, 0) is 17.6 Å². The lowest BCUT2D eigenvalue weighted by atomic mass is 10.1. The van der Waals surface area contributed by atoms with E-state index in [1.165, 1.54) is 11.1 Å². The van der Waals surface area contributed by atoms with Gasteiger partial charge in [0.2, 0.25) is 0 Å². The molecule has 0 radical (unpaired) electrons. The molecule has 3 aromatic carbocycles. The summed E-state index contributed by atoms with van der Waals surface area (Å²) in [5.41, 5.74) is 3.02. The lowest BCUT2D eigenvalue weighted by molar-refractivity contribution is 0.0525. The molecule has 0 amide bonds. The van der Waals surface area contributed by atoms with Gasteiger partial charge in [-0.3, -0.25) is 0 Å². The molecular weight excluding hydrogens is 388 g/mol. The van der Waals surface area contributed by atoms with Gasteiger partial charge in [0.25, 0.3) is 0 Å². The first kappa shape index (κ1) is 22.4. The van der Waals surface area contributed by atoms with Crippen molar-refractivity contribution in [1.29, 1.82) is 0 Å². The van der Waals surface area contributed by atoms with Crippen LogP contribution in [0.15, 0.2) is 78.9 Å². The molecule has 0 saturated heterocycles. The minimum Gasteiger partial charge on any atom is -0.493 e. The zero-order chi connectivity index (χ0) is 21.7. The number of ether oxygens (including phenoxy) is 3. The van der Waals surface area contributed by atoms with Gasteiger partial charge in [0.1, 0.15) is 11.5 Å². The van der Waals surface area contributed by atoms with Crippen LogP contribution in [0, 0.1) is 0 Å². The van der Waals surface area contributed by atoms with Crippen LogP contribution in [0.4, 0.5) is 0 Å². The molecule has 31 heavy (non-hydrogen) atoms. The summed E-state index contributed by atoms with van der Waals surface area (Å²) in [5.74, 6) is 0.875. The van der Waals surface area contributed by atoms with Crippen molar-refractivity contribution < 1.29 is 19.0 Å². The second kappa shape index (κ2) is 12.4. The maximum Gasteiger partial charge on any atom is 0.338 e. The van der Waals surface area contributed by atoms with Gasteiger partial charge in [-0.25, -0.2) is 4.79 Å². The molecule has 162 valence electrons. The maximum atomic E-state index is 12.2. The Bertz CT molecular complexity index is 857. The van der Waals surface area contributed by atoms with Crippen molar-refractivity contribution in [3.05, 3.63) is 95.6 Å². The van der Waals surface area contributed by atoms with Gasteiger partial charge in [-0.15, -0.1) is 0 Å². The van der Waals surface area contributed by atoms with Gasteiger partial charge in [-0.2, -0.15) is 0 Å². The molecule has 0 aliphatic heterocycles. The van der Waals surface area contributed by atoms with E-state index in [0.717, 1.165) is 25.7 Å². The number of aryl methyl sites for hydroxylation is 2. The highest BCUT2D eigenvalue weighted by molar-refractivity contribution is 5.90. The van der Waals surface area contributed by atoms with Crippen molar-refractivity contribution in [1.82, 2.24) is 0 Å². The lowest BCUT2D eigenvalue weighted by Crippen LogP contribution is -2.07. The van der Waals surface area contributed by atoms with Crippen molar-refractivity contribution in [2.24, 2.45) is 0 Å². The molecule has 0 fully saturated rings. The Morgan fingerprint density at radius 2 is 1.19 bits per heavy atom.